The van der Waals surface area contributed by atoms with Gasteiger partial charge in [-0.3, -0.25) is 4.79 Å². The normalized spacial score (nSPS) is 19.6. The number of amides is 1. The average Bonchev–Trinajstić information content (AvgIpc) is 2.63. The molecule has 0 spiro atoms. The van der Waals surface area contributed by atoms with Gasteiger partial charge >= 0.3 is 0 Å². The van der Waals surface area contributed by atoms with E-state index >= 15 is 0 Å². The van der Waals surface area contributed by atoms with Crippen LogP contribution in [-0.4, -0.2) is 29.5 Å². The molecule has 0 unspecified atom stereocenters. The fourth-order valence-electron chi connectivity index (χ4n) is 4.66. The summed E-state index contributed by atoms with van der Waals surface area (Å²) in [7, 11) is 0. The van der Waals surface area contributed by atoms with Gasteiger partial charge in [0.15, 0.2) is 6.61 Å². The molecule has 3 heteroatoms. The molecule has 138 valence electrons. The predicted molar refractivity (Wildman–Crippen MR) is 102 cm³/mol. The Balaban J connectivity index is 1.69. The lowest BCUT2D eigenvalue weighted by Crippen LogP contribution is -2.50. The number of hydrogen-bond donors (Lipinski definition) is 0. The first-order valence-electron chi connectivity index (χ1n) is 10.2. The van der Waals surface area contributed by atoms with Crippen LogP contribution in [-0.2, 0) is 4.79 Å². The van der Waals surface area contributed by atoms with Gasteiger partial charge in [0.05, 0.1) is 0 Å². The summed E-state index contributed by atoms with van der Waals surface area (Å²) in [5.41, 5.74) is 2.21. The maximum atomic E-state index is 13.1. The lowest BCUT2D eigenvalue weighted by Gasteiger charge is -2.41. The summed E-state index contributed by atoms with van der Waals surface area (Å²) in [5.74, 6) is 1.07. The highest BCUT2D eigenvalue weighted by Crippen LogP contribution is 2.30. The Kier molecular flexibility index (Phi) is 6.39. The lowest BCUT2D eigenvalue weighted by molar-refractivity contribution is -0.140. The van der Waals surface area contributed by atoms with E-state index in [1.807, 2.05) is 32.0 Å². The van der Waals surface area contributed by atoms with Crippen molar-refractivity contribution < 1.29 is 9.53 Å². The van der Waals surface area contributed by atoms with Crippen molar-refractivity contribution in [2.24, 2.45) is 0 Å². The first-order valence-corrected chi connectivity index (χ1v) is 10.2. The molecule has 3 rings (SSSR count). The van der Waals surface area contributed by atoms with E-state index in [4.69, 9.17) is 4.74 Å². The topological polar surface area (TPSA) is 29.5 Å². The highest BCUT2D eigenvalue weighted by molar-refractivity contribution is 5.78. The van der Waals surface area contributed by atoms with Gasteiger partial charge in [0.2, 0.25) is 0 Å². The first-order chi connectivity index (χ1) is 12.2. The summed E-state index contributed by atoms with van der Waals surface area (Å²) >= 11 is 0. The largest absolute Gasteiger partial charge is 0.483 e. The third kappa shape index (κ3) is 4.56. The zero-order valence-electron chi connectivity index (χ0n) is 15.9. The van der Waals surface area contributed by atoms with Crippen LogP contribution in [0.3, 0.4) is 0 Å². The Morgan fingerprint density at radius 1 is 0.920 bits per heavy atom. The zero-order chi connectivity index (χ0) is 17.6. The fraction of sp³-hybridized carbons (Fsp3) is 0.682. The summed E-state index contributed by atoms with van der Waals surface area (Å²) in [4.78, 5) is 15.4. The van der Waals surface area contributed by atoms with Crippen LogP contribution in [0, 0.1) is 13.8 Å². The second-order valence-corrected chi connectivity index (χ2v) is 7.89. The minimum Gasteiger partial charge on any atom is -0.483 e. The Labute approximate surface area is 152 Å². The van der Waals surface area contributed by atoms with Gasteiger partial charge in [-0.2, -0.15) is 0 Å². The molecule has 2 fully saturated rings. The van der Waals surface area contributed by atoms with Crippen LogP contribution < -0.4 is 4.74 Å². The number of nitrogens with zero attached hydrogens (tertiary/aromatic N) is 1. The molecular formula is C22H33NO2. The molecule has 1 amide bonds. The third-order valence-electron chi connectivity index (χ3n) is 5.97. The minimum atomic E-state index is 0.179. The van der Waals surface area contributed by atoms with Crippen molar-refractivity contribution in [3.8, 4) is 5.75 Å². The molecule has 0 bridgehead atoms. The quantitative estimate of drug-likeness (QED) is 0.737. The predicted octanol–water partition coefficient (Wildman–Crippen LogP) is 5.18. The number of ether oxygens (including phenoxy) is 1. The number of carbonyl (C=O) groups is 1. The molecule has 2 aliphatic carbocycles. The van der Waals surface area contributed by atoms with E-state index in [2.05, 4.69) is 4.90 Å². The van der Waals surface area contributed by atoms with Crippen LogP contribution in [0.2, 0.25) is 0 Å². The summed E-state index contributed by atoms with van der Waals surface area (Å²) in [6.07, 6.45) is 12.4. The van der Waals surface area contributed by atoms with Crippen molar-refractivity contribution in [3.05, 3.63) is 29.3 Å². The van der Waals surface area contributed by atoms with Crippen LogP contribution in [0.15, 0.2) is 18.2 Å². The summed E-state index contributed by atoms with van der Waals surface area (Å²) in [5, 5.41) is 0. The van der Waals surface area contributed by atoms with E-state index in [0.717, 1.165) is 16.9 Å². The monoisotopic (exact) mass is 343 g/mol. The molecule has 0 atom stereocenters. The molecule has 3 nitrogen and oxygen atoms in total. The molecule has 0 aromatic heterocycles. The van der Waals surface area contributed by atoms with Gasteiger partial charge in [0, 0.05) is 12.1 Å². The number of hydrogen-bond acceptors (Lipinski definition) is 2. The van der Waals surface area contributed by atoms with E-state index in [9.17, 15) is 4.79 Å². The molecule has 0 saturated heterocycles. The van der Waals surface area contributed by atoms with E-state index in [1.165, 1.54) is 64.2 Å². The number of benzene rings is 1. The average molecular weight is 344 g/mol. The van der Waals surface area contributed by atoms with Crippen LogP contribution in [0.25, 0.3) is 0 Å². The molecule has 2 aliphatic rings. The van der Waals surface area contributed by atoms with E-state index in [-0.39, 0.29) is 12.5 Å². The Morgan fingerprint density at radius 3 is 1.88 bits per heavy atom. The van der Waals surface area contributed by atoms with Crippen molar-refractivity contribution in [1.82, 2.24) is 4.90 Å². The van der Waals surface area contributed by atoms with Gasteiger partial charge in [0.1, 0.15) is 5.75 Å². The lowest BCUT2D eigenvalue weighted by atomic mass is 9.88. The summed E-state index contributed by atoms with van der Waals surface area (Å²) in [6.45, 7) is 4.28. The van der Waals surface area contributed by atoms with Crippen molar-refractivity contribution in [1.29, 1.82) is 0 Å². The fourth-order valence-corrected chi connectivity index (χ4v) is 4.66. The van der Waals surface area contributed by atoms with Crippen LogP contribution in [0.1, 0.15) is 75.3 Å². The summed E-state index contributed by atoms with van der Waals surface area (Å²) < 4.78 is 6.00. The molecular weight excluding hydrogens is 310 g/mol. The Hall–Kier alpha value is -1.51. The second-order valence-electron chi connectivity index (χ2n) is 7.89. The highest BCUT2D eigenvalue weighted by Gasteiger charge is 2.32. The molecule has 1 aromatic carbocycles. The van der Waals surface area contributed by atoms with Crippen LogP contribution in [0.5, 0.6) is 5.75 Å². The number of para-hydroxylation sites is 1. The van der Waals surface area contributed by atoms with Gasteiger partial charge in [-0.1, -0.05) is 56.7 Å². The molecule has 0 N–H and O–H groups in total. The molecule has 25 heavy (non-hydrogen) atoms. The van der Waals surface area contributed by atoms with Crippen molar-refractivity contribution in [2.45, 2.75) is 90.1 Å². The highest BCUT2D eigenvalue weighted by atomic mass is 16.5. The first kappa shape index (κ1) is 18.3. The standard InChI is InChI=1S/C22H33NO2/c1-17-10-9-11-18(2)22(17)25-16-21(24)23(19-12-5-3-6-13-19)20-14-7-4-8-15-20/h9-11,19-20H,3-8,12-16H2,1-2H3. The van der Waals surface area contributed by atoms with E-state index in [0.29, 0.717) is 12.1 Å². The van der Waals surface area contributed by atoms with Crippen molar-refractivity contribution in [2.75, 3.05) is 6.61 Å². The molecule has 0 radical (unpaired) electrons. The molecule has 0 aliphatic heterocycles. The van der Waals surface area contributed by atoms with E-state index < -0.39 is 0 Å². The zero-order valence-corrected chi connectivity index (χ0v) is 15.9. The minimum absolute atomic E-state index is 0.179. The van der Waals surface area contributed by atoms with Crippen molar-refractivity contribution >= 4 is 5.91 Å². The van der Waals surface area contributed by atoms with Crippen molar-refractivity contribution in [3.63, 3.8) is 0 Å². The van der Waals surface area contributed by atoms with Gasteiger partial charge in [-0.25, -0.2) is 0 Å². The smallest absolute Gasteiger partial charge is 0.261 e. The van der Waals surface area contributed by atoms with Crippen LogP contribution >= 0.6 is 0 Å². The molecule has 1 aromatic rings. The van der Waals surface area contributed by atoms with Gasteiger partial charge in [-0.15, -0.1) is 0 Å². The maximum Gasteiger partial charge on any atom is 0.261 e. The van der Waals surface area contributed by atoms with Gasteiger partial charge < -0.3 is 9.64 Å². The summed E-state index contributed by atoms with van der Waals surface area (Å²) in [6, 6.07) is 7.01. The molecule has 2 saturated carbocycles. The Bertz CT molecular complexity index is 533. The third-order valence-corrected chi connectivity index (χ3v) is 5.97. The number of aryl methyl sites for hydroxylation is 2. The van der Waals surface area contributed by atoms with Crippen LogP contribution in [0.4, 0.5) is 0 Å². The number of carbonyl (C=O) groups excluding carboxylic acids is 1. The SMILES string of the molecule is Cc1cccc(C)c1OCC(=O)N(C1CCCCC1)C1CCCCC1. The Morgan fingerprint density at radius 2 is 1.40 bits per heavy atom. The number of rotatable bonds is 5. The second kappa shape index (κ2) is 8.73. The maximum absolute atomic E-state index is 13.1. The van der Waals surface area contributed by atoms with E-state index in [1.54, 1.807) is 0 Å². The molecule has 0 heterocycles. The van der Waals surface area contributed by atoms with Gasteiger partial charge in [0.25, 0.3) is 5.91 Å². The van der Waals surface area contributed by atoms with Gasteiger partial charge in [-0.05, 0) is 50.7 Å².